The van der Waals surface area contributed by atoms with E-state index in [0.29, 0.717) is 21.3 Å². The lowest BCUT2D eigenvalue weighted by Gasteiger charge is -2.03. The molecule has 0 fully saturated rings. The first kappa shape index (κ1) is 21.1. The number of carbonyl (C=O) groups excluding carboxylic acids is 2. The predicted octanol–water partition coefficient (Wildman–Crippen LogP) is 4.01. The number of para-hydroxylation sites is 1. The number of thiazole rings is 1. The Labute approximate surface area is 176 Å². The summed E-state index contributed by atoms with van der Waals surface area (Å²) in [5, 5.41) is 14.1. The van der Waals surface area contributed by atoms with E-state index in [1.807, 2.05) is 30.3 Å². The van der Waals surface area contributed by atoms with E-state index in [0.717, 1.165) is 5.56 Å². The molecule has 0 aliphatic rings. The van der Waals surface area contributed by atoms with Gasteiger partial charge in [-0.15, -0.1) is 11.3 Å². The number of nitro groups is 1. The van der Waals surface area contributed by atoms with Crippen LogP contribution in [0, 0.1) is 10.1 Å². The summed E-state index contributed by atoms with van der Waals surface area (Å²) in [6.45, 7) is 2.01. The van der Waals surface area contributed by atoms with Crippen LogP contribution in [0.4, 0.5) is 10.8 Å². The van der Waals surface area contributed by atoms with Crippen molar-refractivity contribution in [3.63, 3.8) is 0 Å². The molecule has 0 saturated carbocycles. The fraction of sp³-hybridized carbons (Fsp3) is 0.190. The van der Waals surface area contributed by atoms with Gasteiger partial charge in [-0.2, -0.15) is 0 Å². The number of hydrogen-bond donors (Lipinski definition) is 1. The molecule has 0 saturated heterocycles. The molecular formula is C21H19N3O5S. The van der Waals surface area contributed by atoms with Crippen LogP contribution in [-0.2, 0) is 27.2 Å². The summed E-state index contributed by atoms with van der Waals surface area (Å²) in [6.07, 6.45) is -0.125. The van der Waals surface area contributed by atoms with Crippen LogP contribution in [0.5, 0.6) is 0 Å². The summed E-state index contributed by atoms with van der Waals surface area (Å²) in [7, 11) is 0. The Balaban J connectivity index is 1.82. The van der Waals surface area contributed by atoms with Gasteiger partial charge >= 0.3 is 5.97 Å². The molecule has 30 heavy (non-hydrogen) atoms. The Morgan fingerprint density at radius 2 is 1.80 bits per heavy atom. The highest BCUT2D eigenvalue weighted by Gasteiger charge is 2.20. The predicted molar refractivity (Wildman–Crippen MR) is 113 cm³/mol. The Kier molecular flexibility index (Phi) is 6.87. The lowest BCUT2D eigenvalue weighted by Crippen LogP contribution is -2.15. The molecule has 8 nitrogen and oxygen atoms in total. The Morgan fingerprint density at radius 1 is 1.10 bits per heavy atom. The molecular weight excluding hydrogens is 406 g/mol. The summed E-state index contributed by atoms with van der Waals surface area (Å²) in [5.74, 6) is -0.809. The summed E-state index contributed by atoms with van der Waals surface area (Å²) < 4.78 is 5.03. The number of aromatic nitrogens is 1. The van der Waals surface area contributed by atoms with Crippen LogP contribution in [0.25, 0.3) is 11.3 Å². The van der Waals surface area contributed by atoms with Crippen LogP contribution < -0.4 is 5.32 Å². The topological polar surface area (TPSA) is 111 Å². The molecule has 154 valence electrons. The Bertz CT molecular complexity index is 1070. The number of hydrogen-bond acceptors (Lipinski definition) is 7. The summed E-state index contributed by atoms with van der Waals surface area (Å²) >= 11 is 1.18. The van der Waals surface area contributed by atoms with Gasteiger partial charge in [-0.05, 0) is 6.92 Å². The van der Waals surface area contributed by atoms with E-state index < -0.39 is 10.8 Å². The van der Waals surface area contributed by atoms with Crippen molar-refractivity contribution in [2.24, 2.45) is 0 Å². The average Bonchev–Trinajstić information content (AvgIpc) is 3.10. The number of nitrogens with one attached hydrogen (secondary N) is 1. The monoisotopic (exact) mass is 425 g/mol. The van der Waals surface area contributed by atoms with Crippen molar-refractivity contribution < 1.29 is 19.2 Å². The van der Waals surface area contributed by atoms with Gasteiger partial charge in [-0.1, -0.05) is 48.5 Å². The first-order valence-electron chi connectivity index (χ1n) is 9.20. The zero-order valence-corrected chi connectivity index (χ0v) is 17.0. The van der Waals surface area contributed by atoms with Crippen LogP contribution in [0.2, 0.25) is 0 Å². The van der Waals surface area contributed by atoms with E-state index >= 15 is 0 Å². The van der Waals surface area contributed by atoms with Gasteiger partial charge in [-0.25, -0.2) is 4.98 Å². The SMILES string of the molecule is CCOC(=O)Cc1sc(NC(=O)Cc2ccccc2[N+](=O)[O-])nc1-c1ccccc1. The lowest BCUT2D eigenvalue weighted by molar-refractivity contribution is -0.385. The van der Waals surface area contributed by atoms with E-state index in [2.05, 4.69) is 10.3 Å². The summed E-state index contributed by atoms with van der Waals surface area (Å²) in [5.41, 5.74) is 1.60. The van der Waals surface area contributed by atoms with Crippen LogP contribution in [0.1, 0.15) is 17.4 Å². The summed E-state index contributed by atoms with van der Waals surface area (Å²) in [4.78, 5) is 40.2. The molecule has 2 aromatic carbocycles. The third-order valence-electron chi connectivity index (χ3n) is 4.14. The van der Waals surface area contributed by atoms with Gasteiger partial charge < -0.3 is 10.1 Å². The molecule has 0 aliphatic heterocycles. The minimum absolute atomic E-state index is 0.0375. The van der Waals surface area contributed by atoms with Gasteiger partial charge in [0.1, 0.15) is 0 Å². The minimum Gasteiger partial charge on any atom is -0.466 e. The third kappa shape index (κ3) is 5.26. The van der Waals surface area contributed by atoms with E-state index in [4.69, 9.17) is 4.74 Å². The van der Waals surface area contributed by atoms with Gasteiger partial charge in [0.15, 0.2) is 5.13 Å². The van der Waals surface area contributed by atoms with Gasteiger partial charge in [0, 0.05) is 22.1 Å². The molecule has 3 rings (SSSR count). The number of anilines is 1. The maximum absolute atomic E-state index is 12.5. The molecule has 1 N–H and O–H groups in total. The largest absolute Gasteiger partial charge is 0.466 e. The number of nitro benzene ring substituents is 1. The molecule has 0 atom stereocenters. The van der Waals surface area contributed by atoms with Crippen molar-refractivity contribution in [2.75, 3.05) is 11.9 Å². The van der Waals surface area contributed by atoms with Crippen molar-refractivity contribution >= 4 is 34.0 Å². The van der Waals surface area contributed by atoms with Crippen molar-refractivity contribution in [1.82, 2.24) is 4.98 Å². The number of ether oxygens (including phenoxy) is 1. The quantitative estimate of drug-likeness (QED) is 0.332. The van der Waals surface area contributed by atoms with Crippen molar-refractivity contribution in [3.05, 3.63) is 75.2 Å². The standard InChI is InChI=1S/C21H19N3O5S/c1-2-29-19(26)13-17-20(14-8-4-3-5-9-14)23-21(30-17)22-18(25)12-15-10-6-7-11-16(15)24(27)28/h3-11H,2,12-13H2,1H3,(H,22,23,25). The molecule has 0 aliphatic carbocycles. The molecule has 0 unspecified atom stereocenters. The second-order valence-corrected chi connectivity index (χ2v) is 7.33. The second-order valence-electron chi connectivity index (χ2n) is 6.25. The number of carbonyl (C=O) groups is 2. The number of benzene rings is 2. The van der Waals surface area contributed by atoms with Crippen molar-refractivity contribution in [3.8, 4) is 11.3 Å². The fourth-order valence-electron chi connectivity index (χ4n) is 2.86. The Morgan fingerprint density at radius 3 is 2.50 bits per heavy atom. The lowest BCUT2D eigenvalue weighted by atomic mass is 10.1. The average molecular weight is 425 g/mol. The van der Waals surface area contributed by atoms with E-state index in [1.165, 1.54) is 17.4 Å². The summed E-state index contributed by atoms with van der Waals surface area (Å²) in [6, 6.07) is 15.4. The highest BCUT2D eigenvalue weighted by molar-refractivity contribution is 7.16. The molecule has 0 spiro atoms. The van der Waals surface area contributed by atoms with Gasteiger partial charge in [0.2, 0.25) is 5.91 Å². The molecule has 1 aromatic heterocycles. The molecule has 0 bridgehead atoms. The molecule has 3 aromatic rings. The van der Waals surface area contributed by atoms with Gasteiger partial charge in [0.05, 0.1) is 30.1 Å². The fourth-order valence-corrected chi connectivity index (χ4v) is 3.85. The van der Waals surface area contributed by atoms with Gasteiger partial charge in [-0.3, -0.25) is 19.7 Å². The van der Waals surface area contributed by atoms with Crippen LogP contribution in [-0.4, -0.2) is 28.4 Å². The number of esters is 1. The van der Waals surface area contributed by atoms with E-state index in [9.17, 15) is 19.7 Å². The molecule has 1 heterocycles. The first-order chi connectivity index (χ1) is 14.5. The maximum atomic E-state index is 12.5. The highest BCUT2D eigenvalue weighted by Crippen LogP contribution is 2.32. The normalized spacial score (nSPS) is 10.4. The zero-order chi connectivity index (χ0) is 21.5. The number of amides is 1. The van der Waals surface area contributed by atoms with E-state index in [-0.39, 0.29) is 31.1 Å². The smallest absolute Gasteiger partial charge is 0.311 e. The number of nitrogens with zero attached hydrogens (tertiary/aromatic N) is 2. The molecule has 1 amide bonds. The third-order valence-corrected chi connectivity index (χ3v) is 5.11. The van der Waals surface area contributed by atoms with E-state index in [1.54, 1.807) is 25.1 Å². The zero-order valence-electron chi connectivity index (χ0n) is 16.2. The maximum Gasteiger partial charge on any atom is 0.311 e. The van der Waals surface area contributed by atoms with Crippen LogP contribution in [0.3, 0.4) is 0 Å². The van der Waals surface area contributed by atoms with Crippen molar-refractivity contribution in [1.29, 1.82) is 0 Å². The number of rotatable bonds is 8. The van der Waals surface area contributed by atoms with Crippen molar-refractivity contribution in [2.45, 2.75) is 19.8 Å². The second kappa shape index (κ2) is 9.75. The molecule has 0 radical (unpaired) electrons. The highest BCUT2D eigenvalue weighted by atomic mass is 32.1. The van der Waals surface area contributed by atoms with Gasteiger partial charge in [0.25, 0.3) is 5.69 Å². The minimum atomic E-state index is -0.517. The van der Waals surface area contributed by atoms with Crippen LogP contribution in [0.15, 0.2) is 54.6 Å². The molecule has 9 heteroatoms. The van der Waals surface area contributed by atoms with Crippen LogP contribution >= 0.6 is 11.3 Å². The first-order valence-corrected chi connectivity index (χ1v) is 10.0. The Hall–Kier alpha value is -3.59.